The molecule has 0 spiro atoms. The zero-order valence-electron chi connectivity index (χ0n) is 14.0. The second kappa shape index (κ2) is 6.99. The highest BCUT2D eigenvalue weighted by molar-refractivity contribution is 5.93. The Hall–Kier alpha value is -3.55. The summed E-state index contributed by atoms with van der Waals surface area (Å²) in [7, 11) is 0. The maximum absolute atomic E-state index is 13.3. The van der Waals surface area contributed by atoms with Crippen LogP contribution in [0.2, 0.25) is 0 Å². The number of hydrogen-bond acceptors (Lipinski definition) is 4. The van der Waals surface area contributed by atoms with Crippen LogP contribution in [-0.4, -0.2) is 20.5 Å². The highest BCUT2D eigenvalue weighted by atomic mass is 19.2. The van der Waals surface area contributed by atoms with Gasteiger partial charge in [0, 0.05) is 13.0 Å². The van der Waals surface area contributed by atoms with Crippen molar-refractivity contribution >= 4 is 11.8 Å². The van der Waals surface area contributed by atoms with Crippen LogP contribution in [0.4, 0.5) is 8.78 Å². The van der Waals surface area contributed by atoms with Gasteiger partial charge in [0.25, 0.3) is 5.91 Å². The Morgan fingerprint density at radius 3 is 2.67 bits per heavy atom. The molecule has 0 aliphatic carbocycles. The Morgan fingerprint density at radius 1 is 1.07 bits per heavy atom. The standard InChI is InChI=1S/C19H14F2N4O2/c20-14-7-6-13(8-15(14)21)10-22-18(26)17-16(9-12-4-2-1-3-5-12)25-19(27-17)23-11-24-25/h1-8,11H,9-10H2,(H,22,26). The quantitative estimate of drug-likeness (QED) is 0.587. The summed E-state index contributed by atoms with van der Waals surface area (Å²) in [4.78, 5) is 16.6. The van der Waals surface area contributed by atoms with Gasteiger partial charge >= 0.3 is 5.84 Å². The largest absolute Gasteiger partial charge is 0.416 e. The summed E-state index contributed by atoms with van der Waals surface area (Å²) in [5, 5.41) is 6.75. The van der Waals surface area contributed by atoms with Gasteiger partial charge in [0.15, 0.2) is 11.6 Å². The van der Waals surface area contributed by atoms with E-state index < -0.39 is 17.5 Å². The molecule has 0 radical (unpaired) electrons. The molecule has 2 aromatic heterocycles. The van der Waals surface area contributed by atoms with Crippen LogP contribution in [0, 0.1) is 11.6 Å². The normalized spacial score (nSPS) is 11.0. The summed E-state index contributed by atoms with van der Waals surface area (Å²) in [5.74, 6) is -2.10. The number of aromatic nitrogens is 3. The molecule has 8 heteroatoms. The van der Waals surface area contributed by atoms with Crippen molar-refractivity contribution in [3.05, 3.63) is 89.1 Å². The Bertz CT molecular complexity index is 1110. The maximum atomic E-state index is 13.3. The number of nitrogens with zero attached hydrogens (tertiary/aromatic N) is 3. The minimum atomic E-state index is -0.966. The molecule has 0 unspecified atom stereocenters. The lowest BCUT2D eigenvalue weighted by molar-refractivity contribution is 0.0923. The molecule has 0 aliphatic heterocycles. The van der Waals surface area contributed by atoms with Gasteiger partial charge in [-0.3, -0.25) is 4.79 Å². The molecule has 136 valence electrons. The smallest absolute Gasteiger partial charge is 0.325 e. The van der Waals surface area contributed by atoms with E-state index in [1.165, 1.54) is 16.9 Å². The fraction of sp³-hybridized carbons (Fsp3) is 0.105. The first-order chi connectivity index (χ1) is 13.1. The van der Waals surface area contributed by atoms with E-state index >= 15 is 0 Å². The molecule has 0 fully saturated rings. The highest BCUT2D eigenvalue weighted by Gasteiger charge is 2.22. The number of hydrogen-bond donors (Lipinski definition) is 1. The van der Waals surface area contributed by atoms with Crippen molar-refractivity contribution < 1.29 is 18.0 Å². The van der Waals surface area contributed by atoms with E-state index in [-0.39, 0.29) is 18.1 Å². The van der Waals surface area contributed by atoms with E-state index in [1.807, 2.05) is 30.3 Å². The van der Waals surface area contributed by atoms with Crippen molar-refractivity contribution in [2.45, 2.75) is 13.0 Å². The molecule has 0 aliphatic rings. The lowest BCUT2D eigenvalue weighted by atomic mass is 10.1. The Morgan fingerprint density at radius 2 is 1.89 bits per heavy atom. The van der Waals surface area contributed by atoms with Crippen molar-refractivity contribution in [2.24, 2.45) is 0 Å². The SMILES string of the molecule is O=C(NCc1ccc(F)c(F)c1)c1oc2ncnn2c1Cc1ccccc1. The number of benzene rings is 2. The summed E-state index contributed by atoms with van der Waals surface area (Å²) in [6.07, 6.45) is 1.77. The van der Waals surface area contributed by atoms with Crippen LogP contribution in [0.15, 0.2) is 59.3 Å². The van der Waals surface area contributed by atoms with E-state index in [9.17, 15) is 13.6 Å². The van der Waals surface area contributed by atoms with Gasteiger partial charge in [-0.05, 0) is 23.3 Å². The van der Waals surface area contributed by atoms with Gasteiger partial charge in [-0.25, -0.2) is 8.78 Å². The van der Waals surface area contributed by atoms with Crippen LogP contribution in [0.1, 0.15) is 27.4 Å². The summed E-state index contributed by atoms with van der Waals surface area (Å²) in [6, 6.07) is 13.0. The highest BCUT2D eigenvalue weighted by Crippen LogP contribution is 2.19. The second-order valence-corrected chi connectivity index (χ2v) is 5.93. The molecular weight excluding hydrogens is 354 g/mol. The molecule has 4 rings (SSSR count). The monoisotopic (exact) mass is 368 g/mol. The molecule has 6 nitrogen and oxygen atoms in total. The van der Waals surface area contributed by atoms with Crippen LogP contribution in [0.5, 0.6) is 0 Å². The van der Waals surface area contributed by atoms with Crippen molar-refractivity contribution in [3.8, 4) is 0 Å². The van der Waals surface area contributed by atoms with Crippen molar-refractivity contribution in [3.63, 3.8) is 0 Å². The molecule has 0 bridgehead atoms. The van der Waals surface area contributed by atoms with Crippen LogP contribution in [-0.2, 0) is 13.0 Å². The second-order valence-electron chi connectivity index (χ2n) is 5.93. The van der Waals surface area contributed by atoms with Gasteiger partial charge in [0.2, 0.25) is 5.76 Å². The van der Waals surface area contributed by atoms with E-state index in [0.717, 1.165) is 17.7 Å². The predicted molar refractivity (Wildman–Crippen MR) is 92.0 cm³/mol. The zero-order chi connectivity index (χ0) is 18.8. The number of fused-ring (bicyclic) bond motifs is 1. The van der Waals surface area contributed by atoms with E-state index in [0.29, 0.717) is 17.7 Å². The number of oxazole rings is 1. The van der Waals surface area contributed by atoms with Gasteiger partial charge in [-0.2, -0.15) is 14.6 Å². The van der Waals surface area contributed by atoms with Gasteiger partial charge < -0.3 is 9.73 Å². The molecule has 0 atom stereocenters. The molecule has 1 N–H and O–H groups in total. The maximum Gasteiger partial charge on any atom is 0.325 e. The van der Waals surface area contributed by atoms with Crippen LogP contribution < -0.4 is 5.32 Å². The molecule has 27 heavy (non-hydrogen) atoms. The molecule has 0 saturated heterocycles. The third-order valence-electron chi connectivity index (χ3n) is 4.09. The van der Waals surface area contributed by atoms with E-state index in [1.54, 1.807) is 0 Å². The number of rotatable bonds is 5. The summed E-state index contributed by atoms with van der Waals surface area (Å²) in [5.41, 5.74) is 1.96. The zero-order valence-corrected chi connectivity index (χ0v) is 14.0. The molecule has 2 heterocycles. The Balaban J connectivity index is 1.58. The number of carbonyl (C=O) groups excluding carboxylic acids is 1. The number of amides is 1. The molecule has 0 saturated carbocycles. The van der Waals surface area contributed by atoms with Gasteiger partial charge in [-0.1, -0.05) is 36.4 Å². The lowest BCUT2D eigenvalue weighted by Crippen LogP contribution is -2.24. The van der Waals surface area contributed by atoms with Gasteiger partial charge in [-0.15, -0.1) is 0 Å². The Kier molecular flexibility index (Phi) is 4.37. The van der Waals surface area contributed by atoms with E-state index in [2.05, 4.69) is 15.4 Å². The predicted octanol–water partition coefficient (Wildman–Crippen LogP) is 3.12. The summed E-state index contributed by atoms with van der Waals surface area (Å²) < 4.78 is 33.3. The van der Waals surface area contributed by atoms with Crippen LogP contribution in [0.25, 0.3) is 5.84 Å². The fourth-order valence-electron chi connectivity index (χ4n) is 2.77. The summed E-state index contributed by atoms with van der Waals surface area (Å²) >= 11 is 0. The lowest BCUT2D eigenvalue weighted by Gasteiger charge is -2.06. The van der Waals surface area contributed by atoms with E-state index in [4.69, 9.17) is 4.42 Å². The van der Waals surface area contributed by atoms with Crippen LogP contribution in [0.3, 0.4) is 0 Å². The third kappa shape index (κ3) is 3.41. The minimum absolute atomic E-state index is 0.0251. The number of nitrogens with one attached hydrogen (secondary N) is 1. The van der Waals surface area contributed by atoms with Crippen molar-refractivity contribution in [2.75, 3.05) is 0 Å². The average Bonchev–Trinajstić information content (AvgIpc) is 3.26. The van der Waals surface area contributed by atoms with Crippen molar-refractivity contribution in [1.82, 2.24) is 19.9 Å². The number of carbonyl (C=O) groups is 1. The van der Waals surface area contributed by atoms with Gasteiger partial charge in [0.1, 0.15) is 12.0 Å². The fourth-order valence-corrected chi connectivity index (χ4v) is 2.77. The average molecular weight is 368 g/mol. The first-order valence-electron chi connectivity index (χ1n) is 8.19. The van der Waals surface area contributed by atoms with Crippen molar-refractivity contribution in [1.29, 1.82) is 0 Å². The van der Waals surface area contributed by atoms with Crippen LogP contribution >= 0.6 is 0 Å². The minimum Gasteiger partial charge on any atom is -0.416 e. The third-order valence-corrected chi connectivity index (χ3v) is 4.09. The topological polar surface area (TPSA) is 72.4 Å². The van der Waals surface area contributed by atoms with Gasteiger partial charge in [0.05, 0.1) is 0 Å². The molecule has 2 aromatic carbocycles. The summed E-state index contributed by atoms with van der Waals surface area (Å²) in [6.45, 7) is 0.0251. The first-order valence-corrected chi connectivity index (χ1v) is 8.19. The molecule has 1 amide bonds. The molecular formula is C19H14F2N4O2. The number of halogens is 2. The first kappa shape index (κ1) is 16.9. The molecule has 4 aromatic rings. The Labute approximate surface area is 152 Å².